The molecule has 0 saturated carbocycles. The van der Waals surface area contributed by atoms with Gasteiger partial charge in [0.15, 0.2) is 0 Å². The maximum atomic E-state index is 12.3. The predicted octanol–water partition coefficient (Wildman–Crippen LogP) is 3.84. The van der Waals surface area contributed by atoms with Crippen LogP contribution < -0.4 is 5.73 Å². The van der Waals surface area contributed by atoms with Crippen LogP contribution >= 0.6 is 23.2 Å². The summed E-state index contributed by atoms with van der Waals surface area (Å²) < 4.78 is 0. The zero-order valence-corrected chi connectivity index (χ0v) is 17.9. The molecular weight excluding hydrogens is 405 g/mol. The van der Waals surface area contributed by atoms with Gasteiger partial charge in [-0.15, -0.1) is 0 Å². The molecule has 2 aromatic carbocycles. The summed E-state index contributed by atoms with van der Waals surface area (Å²) in [4.78, 5) is 17.0. The summed E-state index contributed by atoms with van der Waals surface area (Å²) in [6.07, 6.45) is 2.07. The van der Waals surface area contributed by atoms with E-state index >= 15 is 0 Å². The minimum absolute atomic E-state index is 0.158. The van der Waals surface area contributed by atoms with E-state index in [2.05, 4.69) is 34.1 Å². The van der Waals surface area contributed by atoms with Crippen LogP contribution in [0.15, 0.2) is 48.5 Å². The molecule has 0 aromatic heterocycles. The smallest absolute Gasteiger partial charge is 0.235 e. The van der Waals surface area contributed by atoms with Crippen LogP contribution in [-0.4, -0.2) is 47.9 Å². The Labute approximate surface area is 182 Å². The molecule has 4 nitrogen and oxygen atoms in total. The van der Waals surface area contributed by atoms with Crippen LogP contribution in [-0.2, 0) is 17.8 Å². The van der Waals surface area contributed by atoms with Crippen molar-refractivity contribution in [2.75, 3.05) is 26.2 Å². The second-order valence-electron chi connectivity index (χ2n) is 8.30. The second kappa shape index (κ2) is 9.05. The van der Waals surface area contributed by atoms with Crippen molar-refractivity contribution in [1.29, 1.82) is 0 Å². The summed E-state index contributed by atoms with van der Waals surface area (Å²) in [5, 5.41) is 1.16. The fourth-order valence-electron chi connectivity index (χ4n) is 5.00. The SMILES string of the molecule is NC(=O)C1[C@@H]2CN(Cc3ccc(Cl)c(Cl)c3)CC2CN1CCCc1ccccc1. The zero-order valence-electron chi connectivity index (χ0n) is 16.4. The first-order valence-corrected chi connectivity index (χ1v) is 11.0. The van der Waals surface area contributed by atoms with Crippen LogP contribution in [0.3, 0.4) is 0 Å². The molecule has 6 heteroatoms. The molecule has 0 bridgehead atoms. The van der Waals surface area contributed by atoms with E-state index in [1.807, 2.05) is 24.3 Å². The highest BCUT2D eigenvalue weighted by Crippen LogP contribution is 2.37. The van der Waals surface area contributed by atoms with Gasteiger partial charge in [-0.2, -0.15) is 0 Å². The molecule has 0 radical (unpaired) electrons. The lowest BCUT2D eigenvalue weighted by atomic mass is 9.94. The van der Waals surface area contributed by atoms with Gasteiger partial charge in [0.05, 0.1) is 16.1 Å². The number of nitrogens with zero attached hydrogens (tertiary/aromatic N) is 2. The predicted molar refractivity (Wildman–Crippen MR) is 118 cm³/mol. The normalized spacial score (nSPS) is 24.7. The summed E-state index contributed by atoms with van der Waals surface area (Å²) >= 11 is 12.2. The quantitative estimate of drug-likeness (QED) is 0.723. The maximum Gasteiger partial charge on any atom is 0.235 e. The first-order chi connectivity index (χ1) is 14.0. The Bertz CT molecular complexity index is 860. The molecule has 2 saturated heterocycles. The Morgan fingerprint density at radius 3 is 2.52 bits per heavy atom. The number of halogens is 2. The lowest BCUT2D eigenvalue weighted by Gasteiger charge is -2.27. The van der Waals surface area contributed by atoms with Crippen LogP contribution in [0.4, 0.5) is 0 Å². The number of hydrogen-bond acceptors (Lipinski definition) is 3. The van der Waals surface area contributed by atoms with Crippen molar-refractivity contribution in [1.82, 2.24) is 9.80 Å². The molecule has 154 valence electrons. The summed E-state index contributed by atoms with van der Waals surface area (Å²) in [5.74, 6) is 0.618. The van der Waals surface area contributed by atoms with Crippen molar-refractivity contribution in [2.45, 2.75) is 25.4 Å². The van der Waals surface area contributed by atoms with Crippen LogP contribution in [0.5, 0.6) is 0 Å². The highest BCUT2D eigenvalue weighted by molar-refractivity contribution is 6.42. The summed E-state index contributed by atoms with van der Waals surface area (Å²) in [7, 11) is 0. The molecule has 2 unspecified atom stereocenters. The van der Waals surface area contributed by atoms with Crippen molar-refractivity contribution in [3.63, 3.8) is 0 Å². The second-order valence-corrected chi connectivity index (χ2v) is 9.11. The van der Waals surface area contributed by atoms with E-state index < -0.39 is 0 Å². The molecule has 2 aliphatic rings. The van der Waals surface area contributed by atoms with Crippen LogP contribution in [0.1, 0.15) is 17.5 Å². The number of benzene rings is 2. The van der Waals surface area contributed by atoms with E-state index in [4.69, 9.17) is 28.9 Å². The van der Waals surface area contributed by atoms with Gasteiger partial charge in [-0.3, -0.25) is 14.6 Å². The molecule has 0 aliphatic carbocycles. The van der Waals surface area contributed by atoms with Gasteiger partial charge in [0.2, 0.25) is 5.91 Å². The molecule has 2 aliphatic heterocycles. The number of rotatable bonds is 7. The monoisotopic (exact) mass is 431 g/mol. The van der Waals surface area contributed by atoms with E-state index in [1.165, 1.54) is 5.56 Å². The van der Waals surface area contributed by atoms with E-state index in [-0.39, 0.29) is 11.9 Å². The number of aryl methyl sites for hydroxylation is 1. The van der Waals surface area contributed by atoms with E-state index in [9.17, 15) is 4.79 Å². The van der Waals surface area contributed by atoms with Gasteiger partial charge in [0, 0.05) is 32.1 Å². The van der Waals surface area contributed by atoms with Gasteiger partial charge in [-0.25, -0.2) is 0 Å². The van der Waals surface area contributed by atoms with Gasteiger partial charge >= 0.3 is 0 Å². The van der Waals surface area contributed by atoms with Crippen LogP contribution in [0.2, 0.25) is 10.0 Å². The standard InChI is InChI=1S/C23H27Cl2N3O/c24-20-9-8-17(11-21(20)25)12-27-13-18-14-28(22(23(26)29)19(18)15-27)10-4-7-16-5-2-1-3-6-16/h1-3,5-6,8-9,11,18-19,22H,4,7,10,12-15H2,(H2,26,29)/t18?,19-,22?/m1/s1. The summed E-state index contributed by atoms with van der Waals surface area (Å²) in [6.45, 7) is 4.58. The Hall–Kier alpha value is -1.59. The number of amides is 1. The van der Waals surface area contributed by atoms with E-state index in [0.717, 1.165) is 51.1 Å². The number of primary amides is 1. The summed E-state index contributed by atoms with van der Waals surface area (Å²) in [6, 6.07) is 16.1. The van der Waals surface area contributed by atoms with Crippen molar-refractivity contribution in [3.8, 4) is 0 Å². The third-order valence-corrected chi connectivity index (χ3v) is 7.01. The van der Waals surface area contributed by atoms with Crippen molar-refractivity contribution < 1.29 is 4.79 Å². The molecule has 0 spiro atoms. The average molecular weight is 432 g/mol. The van der Waals surface area contributed by atoms with Gasteiger partial charge in [-0.05, 0) is 48.6 Å². The number of fused-ring (bicyclic) bond motifs is 1. The maximum absolute atomic E-state index is 12.3. The van der Waals surface area contributed by atoms with Gasteiger partial charge in [0.1, 0.15) is 0 Å². The number of carbonyl (C=O) groups is 1. The molecule has 1 amide bonds. The molecule has 2 N–H and O–H groups in total. The third-order valence-electron chi connectivity index (χ3n) is 6.27. The lowest BCUT2D eigenvalue weighted by Crippen LogP contribution is -2.46. The first-order valence-electron chi connectivity index (χ1n) is 10.2. The largest absolute Gasteiger partial charge is 0.368 e. The number of carbonyl (C=O) groups excluding carboxylic acids is 1. The van der Waals surface area contributed by atoms with Crippen LogP contribution in [0.25, 0.3) is 0 Å². The molecule has 2 fully saturated rings. The third kappa shape index (κ3) is 4.77. The fourth-order valence-corrected chi connectivity index (χ4v) is 5.32. The van der Waals surface area contributed by atoms with E-state index in [1.54, 1.807) is 0 Å². The molecule has 2 aromatic rings. The molecule has 3 atom stereocenters. The Morgan fingerprint density at radius 1 is 1.00 bits per heavy atom. The molecule has 2 heterocycles. The summed E-state index contributed by atoms with van der Waals surface area (Å²) in [5.41, 5.74) is 8.32. The number of likely N-dealkylation sites (tertiary alicyclic amines) is 2. The molecular formula is C23H27Cl2N3O. The minimum atomic E-state index is -0.186. The first kappa shape index (κ1) is 20.7. The van der Waals surface area contributed by atoms with Gasteiger partial charge < -0.3 is 5.73 Å². The minimum Gasteiger partial charge on any atom is -0.368 e. The molecule has 29 heavy (non-hydrogen) atoms. The van der Waals surface area contributed by atoms with Gasteiger partial charge in [0.25, 0.3) is 0 Å². The van der Waals surface area contributed by atoms with Crippen molar-refractivity contribution >= 4 is 29.1 Å². The Kier molecular flexibility index (Phi) is 6.45. The fraction of sp³-hybridized carbons (Fsp3) is 0.435. The molecule has 4 rings (SSSR count). The average Bonchev–Trinajstić information content (AvgIpc) is 3.22. The topological polar surface area (TPSA) is 49.6 Å². The highest BCUT2D eigenvalue weighted by atomic mass is 35.5. The highest BCUT2D eigenvalue weighted by Gasteiger charge is 2.48. The van der Waals surface area contributed by atoms with Crippen molar-refractivity contribution in [3.05, 3.63) is 69.7 Å². The van der Waals surface area contributed by atoms with Crippen LogP contribution in [0, 0.1) is 11.8 Å². The Morgan fingerprint density at radius 2 is 1.79 bits per heavy atom. The van der Waals surface area contributed by atoms with Crippen molar-refractivity contribution in [2.24, 2.45) is 17.6 Å². The zero-order chi connectivity index (χ0) is 20.4. The van der Waals surface area contributed by atoms with E-state index in [0.29, 0.717) is 21.9 Å². The number of nitrogens with two attached hydrogens (primary N) is 1. The number of hydrogen-bond donors (Lipinski definition) is 1. The van der Waals surface area contributed by atoms with Gasteiger partial charge in [-0.1, -0.05) is 59.6 Å². The lowest BCUT2D eigenvalue weighted by molar-refractivity contribution is -0.123. The Balaban J connectivity index is 1.34.